The first kappa shape index (κ1) is 13.6. The van der Waals surface area contributed by atoms with Crippen LogP contribution in [0.15, 0.2) is 29.2 Å². The number of hydrogen-bond acceptors (Lipinski definition) is 4. The molecule has 5 nitrogen and oxygen atoms in total. The molecule has 2 N–H and O–H groups in total. The Morgan fingerprint density at radius 3 is 2.85 bits per heavy atom. The standard InChI is InChI=1S/C14H18N2O3S/c1-10-3-2-4-12(7-10)20(18,19)16-13(17)14-6-5-11(14)8-15-9-14/h2-4,7,11,15H,5-6,8-9H2,1H3,(H,16,17)/t11-,14-/m0/s1. The number of hydrogen-bond donors (Lipinski definition) is 2. The highest BCUT2D eigenvalue weighted by molar-refractivity contribution is 7.90. The van der Waals surface area contributed by atoms with Crippen LogP contribution in [0.3, 0.4) is 0 Å². The normalized spacial score (nSPS) is 28.6. The molecule has 0 spiro atoms. The lowest BCUT2D eigenvalue weighted by atomic mass is 9.62. The highest BCUT2D eigenvalue weighted by Crippen LogP contribution is 2.49. The summed E-state index contributed by atoms with van der Waals surface area (Å²) in [6.07, 6.45) is 1.75. The molecule has 0 aromatic heterocycles. The molecule has 1 amide bonds. The van der Waals surface area contributed by atoms with Gasteiger partial charge in [-0.3, -0.25) is 4.79 Å². The third-order valence-electron chi connectivity index (χ3n) is 4.53. The third kappa shape index (κ3) is 2.03. The number of nitrogens with one attached hydrogen (secondary N) is 2. The first-order valence-corrected chi connectivity index (χ1v) is 8.27. The van der Waals surface area contributed by atoms with Crippen molar-refractivity contribution in [2.24, 2.45) is 11.3 Å². The number of carbonyl (C=O) groups is 1. The van der Waals surface area contributed by atoms with Gasteiger partial charge in [-0.25, -0.2) is 13.1 Å². The monoisotopic (exact) mass is 294 g/mol. The van der Waals surface area contributed by atoms with E-state index < -0.39 is 15.4 Å². The number of rotatable bonds is 3. The van der Waals surface area contributed by atoms with E-state index in [0.717, 1.165) is 24.9 Å². The molecule has 3 rings (SSSR count). The molecular weight excluding hydrogens is 276 g/mol. The lowest BCUT2D eigenvalue weighted by Crippen LogP contribution is -2.53. The van der Waals surface area contributed by atoms with Crippen molar-refractivity contribution in [3.05, 3.63) is 29.8 Å². The van der Waals surface area contributed by atoms with Crippen LogP contribution in [0.2, 0.25) is 0 Å². The summed E-state index contributed by atoms with van der Waals surface area (Å²) in [6, 6.07) is 6.57. The minimum Gasteiger partial charge on any atom is -0.315 e. The second kappa shape index (κ2) is 4.56. The summed E-state index contributed by atoms with van der Waals surface area (Å²) in [7, 11) is -3.77. The summed E-state index contributed by atoms with van der Waals surface area (Å²) in [5.74, 6) is -0.0875. The van der Waals surface area contributed by atoms with Gasteiger partial charge in [0.15, 0.2) is 0 Å². The van der Waals surface area contributed by atoms with E-state index in [9.17, 15) is 13.2 Å². The quantitative estimate of drug-likeness (QED) is 0.864. The van der Waals surface area contributed by atoms with Gasteiger partial charge in [0.25, 0.3) is 10.0 Å². The largest absolute Gasteiger partial charge is 0.315 e. The highest BCUT2D eigenvalue weighted by Gasteiger charge is 2.55. The van der Waals surface area contributed by atoms with E-state index in [1.165, 1.54) is 6.07 Å². The minimum atomic E-state index is -3.77. The zero-order chi connectivity index (χ0) is 14.4. The Bertz CT molecular complexity index is 656. The molecule has 1 heterocycles. The van der Waals surface area contributed by atoms with Crippen LogP contribution in [-0.2, 0) is 14.8 Å². The van der Waals surface area contributed by atoms with E-state index in [4.69, 9.17) is 0 Å². The van der Waals surface area contributed by atoms with Gasteiger partial charge in [0.05, 0.1) is 10.3 Å². The Kier molecular flexibility index (Phi) is 3.10. The molecule has 1 saturated carbocycles. The van der Waals surface area contributed by atoms with Crippen molar-refractivity contribution in [3.8, 4) is 0 Å². The van der Waals surface area contributed by atoms with E-state index in [1.54, 1.807) is 12.1 Å². The van der Waals surface area contributed by atoms with E-state index in [-0.39, 0.29) is 16.7 Å². The van der Waals surface area contributed by atoms with Crippen LogP contribution in [0.5, 0.6) is 0 Å². The van der Waals surface area contributed by atoms with Crippen LogP contribution in [0.1, 0.15) is 18.4 Å². The van der Waals surface area contributed by atoms with Crippen LogP contribution < -0.4 is 10.0 Å². The van der Waals surface area contributed by atoms with Gasteiger partial charge in [0, 0.05) is 6.54 Å². The summed E-state index contributed by atoms with van der Waals surface area (Å²) in [5, 5.41) is 3.19. The Hall–Kier alpha value is -1.40. The average molecular weight is 294 g/mol. The van der Waals surface area contributed by atoms with E-state index in [2.05, 4.69) is 10.0 Å². The van der Waals surface area contributed by atoms with Crippen LogP contribution >= 0.6 is 0 Å². The number of fused-ring (bicyclic) bond motifs is 1. The van der Waals surface area contributed by atoms with Gasteiger partial charge < -0.3 is 5.32 Å². The third-order valence-corrected chi connectivity index (χ3v) is 5.86. The maximum absolute atomic E-state index is 12.4. The van der Waals surface area contributed by atoms with Gasteiger partial charge in [-0.2, -0.15) is 0 Å². The summed E-state index contributed by atoms with van der Waals surface area (Å²) in [5.41, 5.74) is 0.333. The van der Waals surface area contributed by atoms with Gasteiger partial charge in [0.1, 0.15) is 0 Å². The van der Waals surface area contributed by atoms with Gasteiger partial charge in [-0.1, -0.05) is 12.1 Å². The second-order valence-electron chi connectivity index (χ2n) is 5.77. The number of sulfonamides is 1. The van der Waals surface area contributed by atoms with Gasteiger partial charge in [-0.15, -0.1) is 0 Å². The molecule has 1 saturated heterocycles. The van der Waals surface area contributed by atoms with Gasteiger partial charge in [-0.05, 0) is 49.9 Å². The fraction of sp³-hybridized carbons (Fsp3) is 0.500. The van der Waals surface area contributed by atoms with Crippen molar-refractivity contribution < 1.29 is 13.2 Å². The molecular formula is C14H18N2O3S. The van der Waals surface area contributed by atoms with E-state index >= 15 is 0 Å². The molecule has 0 radical (unpaired) electrons. The van der Waals surface area contributed by atoms with E-state index in [0.29, 0.717) is 6.54 Å². The average Bonchev–Trinajstić information content (AvgIpc) is 2.65. The maximum Gasteiger partial charge on any atom is 0.264 e. The molecule has 2 fully saturated rings. The zero-order valence-electron chi connectivity index (χ0n) is 11.3. The summed E-state index contributed by atoms with van der Waals surface area (Å²) in [6.45, 7) is 3.20. The molecule has 20 heavy (non-hydrogen) atoms. The van der Waals surface area contributed by atoms with Crippen LogP contribution in [0.4, 0.5) is 0 Å². The fourth-order valence-corrected chi connectivity index (χ4v) is 4.30. The SMILES string of the molecule is Cc1cccc(S(=O)(=O)NC(=O)[C@]23CC[C@H]2CNC3)c1. The lowest BCUT2D eigenvalue weighted by molar-refractivity contribution is -0.135. The maximum atomic E-state index is 12.4. The topological polar surface area (TPSA) is 75.3 Å². The Morgan fingerprint density at radius 1 is 1.45 bits per heavy atom. The minimum absolute atomic E-state index is 0.143. The van der Waals surface area contributed by atoms with Crippen molar-refractivity contribution >= 4 is 15.9 Å². The van der Waals surface area contributed by atoms with Crippen molar-refractivity contribution in [1.82, 2.24) is 10.0 Å². The highest BCUT2D eigenvalue weighted by atomic mass is 32.2. The number of benzene rings is 1. The number of aryl methyl sites for hydroxylation is 1. The van der Waals surface area contributed by atoms with Crippen molar-refractivity contribution in [2.45, 2.75) is 24.7 Å². The fourth-order valence-electron chi connectivity index (χ4n) is 3.14. The molecule has 0 bridgehead atoms. The van der Waals surface area contributed by atoms with Crippen LogP contribution in [0, 0.1) is 18.3 Å². The van der Waals surface area contributed by atoms with Crippen molar-refractivity contribution in [2.75, 3.05) is 13.1 Å². The molecule has 108 valence electrons. The molecule has 2 aliphatic rings. The first-order valence-electron chi connectivity index (χ1n) is 6.79. The van der Waals surface area contributed by atoms with Crippen molar-refractivity contribution in [3.63, 3.8) is 0 Å². The van der Waals surface area contributed by atoms with Crippen LogP contribution in [-0.4, -0.2) is 27.4 Å². The predicted molar refractivity (Wildman–Crippen MR) is 74.5 cm³/mol. The summed E-state index contributed by atoms with van der Waals surface area (Å²) < 4.78 is 26.8. The van der Waals surface area contributed by atoms with Gasteiger partial charge >= 0.3 is 0 Å². The summed E-state index contributed by atoms with van der Waals surface area (Å²) in [4.78, 5) is 12.5. The molecule has 6 heteroatoms. The molecule has 1 aromatic rings. The molecule has 1 aromatic carbocycles. The Labute approximate surface area is 118 Å². The molecule has 1 aliphatic carbocycles. The molecule has 0 unspecified atom stereocenters. The van der Waals surface area contributed by atoms with E-state index in [1.807, 2.05) is 13.0 Å². The molecule has 2 atom stereocenters. The Balaban J connectivity index is 1.82. The molecule has 1 aliphatic heterocycles. The second-order valence-corrected chi connectivity index (χ2v) is 7.46. The first-order chi connectivity index (χ1) is 9.44. The smallest absolute Gasteiger partial charge is 0.264 e. The Morgan fingerprint density at radius 2 is 2.25 bits per heavy atom. The predicted octanol–water partition coefficient (Wildman–Crippen LogP) is 0.800. The summed E-state index contributed by atoms with van der Waals surface area (Å²) >= 11 is 0. The van der Waals surface area contributed by atoms with Gasteiger partial charge in [0.2, 0.25) is 5.91 Å². The number of carbonyl (C=O) groups excluding carboxylic acids is 1. The number of amides is 1. The zero-order valence-corrected chi connectivity index (χ0v) is 12.2. The lowest BCUT2D eigenvalue weighted by Gasteiger charge is -2.42. The van der Waals surface area contributed by atoms with Crippen molar-refractivity contribution in [1.29, 1.82) is 0 Å². The van der Waals surface area contributed by atoms with Crippen LogP contribution in [0.25, 0.3) is 0 Å².